The average molecular weight is 228 g/mol. The van der Waals surface area contributed by atoms with Gasteiger partial charge in [-0.2, -0.15) is 0 Å². The summed E-state index contributed by atoms with van der Waals surface area (Å²) in [5, 5.41) is 6.02. The van der Waals surface area contributed by atoms with Crippen LogP contribution in [0.1, 0.15) is 32.3 Å². The molecule has 0 aliphatic heterocycles. The van der Waals surface area contributed by atoms with Crippen LogP contribution < -0.4 is 5.32 Å². The first-order valence-corrected chi connectivity index (χ1v) is 6.30. The maximum Gasteiger partial charge on any atom is 0.0346 e. The van der Waals surface area contributed by atoms with E-state index in [1.165, 1.54) is 16.3 Å². The lowest BCUT2D eigenvalue weighted by atomic mass is 9.92. The standard InChI is InChI=1S/C15H20N2/c1-4-17-12(3)11(2)15-10-16-9-13-7-5-6-8-14(13)15/h5-12,17H,4H2,1-3H3. The van der Waals surface area contributed by atoms with Crippen LogP contribution in [0.25, 0.3) is 10.8 Å². The van der Waals surface area contributed by atoms with E-state index in [0.29, 0.717) is 12.0 Å². The van der Waals surface area contributed by atoms with Crippen molar-refractivity contribution in [2.24, 2.45) is 0 Å². The molecule has 2 heteroatoms. The Labute approximate surface area is 103 Å². The molecule has 1 heterocycles. The molecule has 2 rings (SSSR count). The van der Waals surface area contributed by atoms with E-state index in [-0.39, 0.29) is 0 Å². The van der Waals surface area contributed by atoms with Crippen LogP contribution in [0.15, 0.2) is 36.7 Å². The Kier molecular flexibility index (Phi) is 3.75. The van der Waals surface area contributed by atoms with Crippen LogP contribution in [0.2, 0.25) is 0 Å². The zero-order valence-electron chi connectivity index (χ0n) is 10.8. The predicted octanol–water partition coefficient (Wildman–Crippen LogP) is 3.34. The van der Waals surface area contributed by atoms with E-state index in [1.54, 1.807) is 0 Å². The zero-order valence-corrected chi connectivity index (χ0v) is 10.8. The molecule has 2 atom stereocenters. The summed E-state index contributed by atoms with van der Waals surface area (Å²) in [4.78, 5) is 4.35. The second kappa shape index (κ2) is 5.28. The van der Waals surface area contributed by atoms with Crippen LogP contribution >= 0.6 is 0 Å². The van der Waals surface area contributed by atoms with Crippen molar-refractivity contribution in [3.8, 4) is 0 Å². The molecule has 0 aliphatic carbocycles. The van der Waals surface area contributed by atoms with Crippen molar-refractivity contribution in [1.29, 1.82) is 0 Å². The van der Waals surface area contributed by atoms with E-state index in [2.05, 4.69) is 55.3 Å². The molecule has 2 aromatic rings. The predicted molar refractivity (Wildman–Crippen MR) is 73.3 cm³/mol. The first-order chi connectivity index (χ1) is 8.24. The molecule has 1 N–H and O–H groups in total. The maximum absolute atomic E-state index is 4.35. The van der Waals surface area contributed by atoms with Gasteiger partial charge in [0, 0.05) is 23.8 Å². The Hall–Kier alpha value is -1.41. The molecule has 1 aromatic heterocycles. The molecule has 0 radical (unpaired) electrons. The normalized spacial score (nSPS) is 14.8. The zero-order chi connectivity index (χ0) is 12.3. The van der Waals surface area contributed by atoms with Crippen molar-refractivity contribution in [2.45, 2.75) is 32.7 Å². The van der Waals surface area contributed by atoms with Crippen LogP contribution in [0, 0.1) is 0 Å². The molecule has 90 valence electrons. The first-order valence-electron chi connectivity index (χ1n) is 6.30. The van der Waals surface area contributed by atoms with E-state index in [0.717, 1.165) is 6.54 Å². The third-order valence-electron chi connectivity index (χ3n) is 3.47. The lowest BCUT2D eigenvalue weighted by Gasteiger charge is -2.22. The van der Waals surface area contributed by atoms with Crippen LogP contribution in [-0.2, 0) is 0 Å². The van der Waals surface area contributed by atoms with Crippen molar-refractivity contribution >= 4 is 10.8 Å². The third-order valence-corrected chi connectivity index (χ3v) is 3.47. The smallest absolute Gasteiger partial charge is 0.0346 e. The van der Waals surface area contributed by atoms with E-state index in [4.69, 9.17) is 0 Å². The second-order valence-electron chi connectivity index (χ2n) is 4.58. The number of likely N-dealkylation sites (N-methyl/N-ethyl adjacent to an activating group) is 1. The van der Waals surface area contributed by atoms with Gasteiger partial charge in [-0.05, 0) is 30.3 Å². The summed E-state index contributed by atoms with van der Waals surface area (Å²) in [5.41, 5.74) is 1.33. The van der Waals surface area contributed by atoms with Crippen LogP contribution in [0.3, 0.4) is 0 Å². The van der Waals surface area contributed by atoms with Gasteiger partial charge in [0.15, 0.2) is 0 Å². The van der Waals surface area contributed by atoms with Crippen molar-refractivity contribution in [2.75, 3.05) is 6.54 Å². The molecule has 0 spiro atoms. The van der Waals surface area contributed by atoms with Gasteiger partial charge in [-0.1, -0.05) is 38.1 Å². The molecule has 1 aromatic carbocycles. The minimum absolute atomic E-state index is 0.465. The Morgan fingerprint density at radius 2 is 1.94 bits per heavy atom. The third kappa shape index (κ3) is 2.47. The average Bonchev–Trinajstić information content (AvgIpc) is 2.37. The number of aromatic nitrogens is 1. The van der Waals surface area contributed by atoms with Gasteiger partial charge in [-0.15, -0.1) is 0 Å². The highest BCUT2D eigenvalue weighted by Crippen LogP contribution is 2.26. The van der Waals surface area contributed by atoms with Gasteiger partial charge < -0.3 is 5.32 Å². The van der Waals surface area contributed by atoms with E-state index in [1.807, 2.05) is 12.4 Å². The highest BCUT2D eigenvalue weighted by Gasteiger charge is 2.15. The summed E-state index contributed by atoms with van der Waals surface area (Å²) < 4.78 is 0. The molecule has 0 saturated carbocycles. The molecule has 17 heavy (non-hydrogen) atoms. The Morgan fingerprint density at radius 3 is 2.71 bits per heavy atom. The van der Waals surface area contributed by atoms with Gasteiger partial charge in [0.2, 0.25) is 0 Å². The lowest BCUT2D eigenvalue weighted by Crippen LogP contribution is -2.30. The van der Waals surface area contributed by atoms with Gasteiger partial charge in [0.05, 0.1) is 0 Å². The lowest BCUT2D eigenvalue weighted by molar-refractivity contribution is 0.496. The van der Waals surface area contributed by atoms with Crippen molar-refractivity contribution < 1.29 is 0 Å². The Morgan fingerprint density at radius 1 is 1.18 bits per heavy atom. The van der Waals surface area contributed by atoms with Crippen molar-refractivity contribution in [3.05, 3.63) is 42.2 Å². The molecular formula is C15H20N2. The second-order valence-corrected chi connectivity index (χ2v) is 4.58. The van der Waals surface area contributed by atoms with E-state index < -0.39 is 0 Å². The monoisotopic (exact) mass is 228 g/mol. The summed E-state index contributed by atoms with van der Waals surface area (Å²) in [6.07, 6.45) is 3.93. The summed E-state index contributed by atoms with van der Waals surface area (Å²) in [7, 11) is 0. The fraction of sp³-hybridized carbons (Fsp3) is 0.400. The van der Waals surface area contributed by atoms with Gasteiger partial charge in [-0.3, -0.25) is 4.98 Å². The summed E-state index contributed by atoms with van der Waals surface area (Å²) in [6, 6.07) is 8.92. The largest absolute Gasteiger partial charge is 0.314 e. The number of hydrogen-bond acceptors (Lipinski definition) is 2. The van der Waals surface area contributed by atoms with Crippen molar-refractivity contribution in [1.82, 2.24) is 10.3 Å². The van der Waals surface area contributed by atoms with Gasteiger partial charge in [-0.25, -0.2) is 0 Å². The topological polar surface area (TPSA) is 24.9 Å². The van der Waals surface area contributed by atoms with E-state index >= 15 is 0 Å². The number of rotatable bonds is 4. The SMILES string of the molecule is CCNC(C)C(C)c1cncc2ccccc12. The quantitative estimate of drug-likeness (QED) is 0.868. The first kappa shape index (κ1) is 12.1. The highest BCUT2D eigenvalue weighted by molar-refractivity contribution is 5.85. The molecule has 0 fully saturated rings. The van der Waals surface area contributed by atoms with Crippen molar-refractivity contribution in [3.63, 3.8) is 0 Å². The molecule has 0 bridgehead atoms. The number of hydrogen-bond donors (Lipinski definition) is 1. The van der Waals surface area contributed by atoms with Gasteiger partial charge in [0.1, 0.15) is 0 Å². The number of pyridine rings is 1. The van der Waals surface area contributed by atoms with Gasteiger partial charge in [0.25, 0.3) is 0 Å². The van der Waals surface area contributed by atoms with Crippen LogP contribution in [0.4, 0.5) is 0 Å². The van der Waals surface area contributed by atoms with Crippen LogP contribution in [0.5, 0.6) is 0 Å². The number of fused-ring (bicyclic) bond motifs is 1. The maximum atomic E-state index is 4.35. The minimum Gasteiger partial charge on any atom is -0.314 e. The fourth-order valence-corrected chi connectivity index (χ4v) is 2.27. The van der Waals surface area contributed by atoms with E-state index in [9.17, 15) is 0 Å². The van der Waals surface area contributed by atoms with Gasteiger partial charge >= 0.3 is 0 Å². The summed E-state index contributed by atoms with van der Waals surface area (Å²) in [6.45, 7) is 7.64. The molecular weight excluding hydrogens is 208 g/mol. The molecule has 0 saturated heterocycles. The number of benzene rings is 1. The van der Waals surface area contributed by atoms with Crippen LogP contribution in [-0.4, -0.2) is 17.6 Å². The number of nitrogens with zero attached hydrogens (tertiary/aromatic N) is 1. The summed E-state index contributed by atoms with van der Waals surface area (Å²) in [5.74, 6) is 0.466. The molecule has 2 unspecified atom stereocenters. The number of nitrogens with one attached hydrogen (secondary N) is 1. The summed E-state index contributed by atoms with van der Waals surface area (Å²) >= 11 is 0. The Balaban J connectivity index is 2.41. The molecule has 2 nitrogen and oxygen atoms in total. The Bertz CT molecular complexity index is 488. The highest BCUT2D eigenvalue weighted by atomic mass is 14.9. The molecule has 0 amide bonds. The minimum atomic E-state index is 0.465. The molecule has 0 aliphatic rings. The fourth-order valence-electron chi connectivity index (χ4n) is 2.27.